The van der Waals surface area contributed by atoms with Gasteiger partial charge in [0.25, 0.3) is 0 Å². The van der Waals surface area contributed by atoms with Crippen molar-refractivity contribution in [3.63, 3.8) is 0 Å². The van der Waals surface area contributed by atoms with Crippen molar-refractivity contribution in [1.29, 1.82) is 0 Å². The van der Waals surface area contributed by atoms with Crippen molar-refractivity contribution < 1.29 is 8.83 Å². The minimum atomic E-state index is -0.184. The second-order valence-electron chi connectivity index (χ2n) is 7.34. The minimum Gasteiger partial charge on any atom is -0.463 e. The third kappa shape index (κ3) is 2.16. The summed E-state index contributed by atoms with van der Waals surface area (Å²) in [6, 6.07) is 10.5. The van der Waals surface area contributed by atoms with Gasteiger partial charge in [0.2, 0.25) is 0 Å². The van der Waals surface area contributed by atoms with Gasteiger partial charge in [-0.1, -0.05) is 29.8 Å². The molecule has 130 valence electrons. The molecule has 2 heterocycles. The van der Waals surface area contributed by atoms with Gasteiger partial charge in [-0.3, -0.25) is 0 Å². The van der Waals surface area contributed by atoms with Crippen molar-refractivity contribution in [2.24, 2.45) is 0 Å². The van der Waals surface area contributed by atoms with E-state index in [1.165, 1.54) is 5.56 Å². The summed E-state index contributed by atoms with van der Waals surface area (Å²) in [5.74, 6) is 0. The zero-order chi connectivity index (χ0) is 17.8. The molecule has 0 amide bonds. The molecule has 26 heavy (non-hydrogen) atoms. The summed E-state index contributed by atoms with van der Waals surface area (Å²) in [5.41, 5.74) is 7.80. The van der Waals surface area contributed by atoms with Crippen LogP contribution in [0.4, 0.5) is 0 Å². The summed E-state index contributed by atoms with van der Waals surface area (Å²) in [7, 11) is 0. The summed E-state index contributed by atoms with van der Waals surface area (Å²) in [4.78, 5) is 12.4. The van der Waals surface area contributed by atoms with E-state index in [0.29, 0.717) is 5.58 Å². The fraction of sp³-hybridized carbons (Fsp3) is 0.261. The number of hydrogen-bond donors (Lipinski definition) is 0. The third-order valence-electron chi connectivity index (χ3n) is 5.59. The first-order chi connectivity index (χ1) is 12.6. The molecule has 0 N–H and O–H groups in total. The molecule has 1 aliphatic rings. The SMILES string of the molecule is Cc1ccc(-c2coc3c2c(C)cc2oc(=O)c4c(c23)CCCC4)cc1. The van der Waals surface area contributed by atoms with Crippen LogP contribution in [-0.2, 0) is 12.8 Å². The van der Waals surface area contributed by atoms with Gasteiger partial charge in [-0.05, 0) is 62.3 Å². The Morgan fingerprint density at radius 2 is 1.65 bits per heavy atom. The summed E-state index contributed by atoms with van der Waals surface area (Å²) in [5, 5.41) is 2.10. The second-order valence-corrected chi connectivity index (χ2v) is 7.34. The molecule has 0 aliphatic heterocycles. The maximum Gasteiger partial charge on any atom is 0.339 e. The Bertz CT molecular complexity index is 1210. The van der Waals surface area contributed by atoms with Crippen LogP contribution in [0, 0.1) is 13.8 Å². The Labute approximate surface area is 151 Å². The average molecular weight is 344 g/mol. The first kappa shape index (κ1) is 15.4. The number of rotatable bonds is 1. The van der Waals surface area contributed by atoms with Crippen molar-refractivity contribution in [3.8, 4) is 11.1 Å². The lowest BCUT2D eigenvalue weighted by Gasteiger charge is -2.16. The first-order valence-electron chi connectivity index (χ1n) is 9.20. The molecule has 0 fully saturated rings. The summed E-state index contributed by atoms with van der Waals surface area (Å²) in [6.07, 6.45) is 5.70. The number of benzene rings is 2. The van der Waals surface area contributed by atoms with Crippen LogP contribution in [-0.4, -0.2) is 0 Å². The molecule has 2 aromatic heterocycles. The molecular formula is C23H20O3. The highest BCUT2D eigenvalue weighted by Crippen LogP contribution is 2.40. The molecule has 0 saturated carbocycles. The highest BCUT2D eigenvalue weighted by molar-refractivity contribution is 6.11. The van der Waals surface area contributed by atoms with Crippen LogP contribution >= 0.6 is 0 Å². The molecule has 4 aromatic rings. The summed E-state index contributed by atoms with van der Waals surface area (Å²) in [6.45, 7) is 4.14. The van der Waals surface area contributed by atoms with Crippen LogP contribution in [0.5, 0.6) is 0 Å². The molecule has 5 rings (SSSR count). The zero-order valence-corrected chi connectivity index (χ0v) is 15.0. The Morgan fingerprint density at radius 3 is 2.42 bits per heavy atom. The maximum absolute atomic E-state index is 12.4. The van der Waals surface area contributed by atoms with Gasteiger partial charge in [-0.2, -0.15) is 0 Å². The maximum atomic E-state index is 12.4. The topological polar surface area (TPSA) is 43.4 Å². The van der Waals surface area contributed by atoms with Gasteiger partial charge in [0, 0.05) is 16.5 Å². The Morgan fingerprint density at radius 1 is 0.923 bits per heavy atom. The molecular weight excluding hydrogens is 324 g/mol. The van der Waals surface area contributed by atoms with Gasteiger partial charge >= 0.3 is 5.63 Å². The van der Waals surface area contributed by atoms with Gasteiger partial charge in [-0.25, -0.2) is 4.79 Å². The van der Waals surface area contributed by atoms with Crippen LogP contribution < -0.4 is 5.63 Å². The number of aryl methyl sites for hydroxylation is 3. The van der Waals surface area contributed by atoms with E-state index < -0.39 is 0 Å². The molecule has 3 nitrogen and oxygen atoms in total. The van der Waals surface area contributed by atoms with Crippen molar-refractivity contribution in [2.75, 3.05) is 0 Å². The molecule has 2 aromatic carbocycles. The smallest absolute Gasteiger partial charge is 0.339 e. The van der Waals surface area contributed by atoms with Gasteiger partial charge in [-0.15, -0.1) is 0 Å². The van der Waals surface area contributed by atoms with E-state index in [1.807, 2.05) is 12.3 Å². The third-order valence-corrected chi connectivity index (χ3v) is 5.59. The lowest BCUT2D eigenvalue weighted by atomic mass is 9.89. The predicted molar refractivity (Wildman–Crippen MR) is 104 cm³/mol. The summed E-state index contributed by atoms with van der Waals surface area (Å²) >= 11 is 0. The Hall–Kier alpha value is -2.81. The molecule has 0 spiro atoms. The highest BCUT2D eigenvalue weighted by Gasteiger charge is 2.23. The van der Waals surface area contributed by atoms with E-state index in [0.717, 1.165) is 69.9 Å². The highest BCUT2D eigenvalue weighted by atomic mass is 16.4. The molecule has 0 atom stereocenters. The van der Waals surface area contributed by atoms with Gasteiger partial charge in [0.1, 0.15) is 11.2 Å². The quantitative estimate of drug-likeness (QED) is 0.416. The van der Waals surface area contributed by atoms with Gasteiger partial charge in [0.15, 0.2) is 0 Å². The van der Waals surface area contributed by atoms with Crippen LogP contribution in [0.3, 0.4) is 0 Å². The standard InChI is InChI=1S/C23H20O3/c1-13-7-9-15(10-8-13)18-12-25-22-20(18)14(2)11-19-21(22)16-5-3-4-6-17(16)23(24)26-19/h7-12H,3-6H2,1-2H3. The largest absolute Gasteiger partial charge is 0.463 e. The fourth-order valence-corrected chi connectivity index (χ4v) is 4.27. The lowest BCUT2D eigenvalue weighted by molar-refractivity contribution is 0.532. The molecule has 0 radical (unpaired) electrons. The molecule has 0 unspecified atom stereocenters. The van der Waals surface area contributed by atoms with Crippen LogP contribution in [0.25, 0.3) is 33.1 Å². The zero-order valence-electron chi connectivity index (χ0n) is 15.0. The number of fused-ring (bicyclic) bond motifs is 5. The van der Waals surface area contributed by atoms with Gasteiger partial charge < -0.3 is 8.83 Å². The first-order valence-corrected chi connectivity index (χ1v) is 9.20. The number of furan rings is 1. The van der Waals surface area contributed by atoms with E-state index in [2.05, 4.69) is 38.1 Å². The second kappa shape index (κ2) is 5.60. The minimum absolute atomic E-state index is 0.184. The monoisotopic (exact) mass is 344 g/mol. The Balaban J connectivity index is 1.89. The van der Waals surface area contributed by atoms with E-state index >= 15 is 0 Å². The normalized spacial score (nSPS) is 14.1. The van der Waals surface area contributed by atoms with E-state index in [1.54, 1.807) is 0 Å². The molecule has 1 aliphatic carbocycles. The van der Waals surface area contributed by atoms with E-state index in [-0.39, 0.29) is 5.63 Å². The van der Waals surface area contributed by atoms with Crippen LogP contribution in [0.1, 0.15) is 35.1 Å². The Kier molecular flexibility index (Phi) is 3.33. The average Bonchev–Trinajstić information content (AvgIpc) is 3.08. The molecule has 3 heteroatoms. The number of hydrogen-bond acceptors (Lipinski definition) is 3. The van der Waals surface area contributed by atoms with Crippen LogP contribution in [0.15, 0.2) is 50.2 Å². The predicted octanol–water partition coefficient (Wildman–Crippen LogP) is 5.70. The van der Waals surface area contributed by atoms with Gasteiger partial charge in [0.05, 0.1) is 11.6 Å². The fourth-order valence-electron chi connectivity index (χ4n) is 4.27. The van der Waals surface area contributed by atoms with E-state index in [4.69, 9.17) is 8.83 Å². The summed E-state index contributed by atoms with van der Waals surface area (Å²) < 4.78 is 11.7. The van der Waals surface area contributed by atoms with Crippen molar-refractivity contribution in [1.82, 2.24) is 0 Å². The van der Waals surface area contributed by atoms with Crippen molar-refractivity contribution in [2.45, 2.75) is 39.5 Å². The van der Waals surface area contributed by atoms with Crippen molar-refractivity contribution in [3.05, 3.63) is 69.3 Å². The van der Waals surface area contributed by atoms with E-state index in [9.17, 15) is 4.79 Å². The molecule has 0 bridgehead atoms. The molecule has 0 saturated heterocycles. The van der Waals surface area contributed by atoms with Crippen molar-refractivity contribution >= 4 is 21.9 Å². The lowest BCUT2D eigenvalue weighted by Crippen LogP contribution is -2.15. The van der Waals surface area contributed by atoms with Crippen LogP contribution in [0.2, 0.25) is 0 Å².